The predicted molar refractivity (Wildman–Crippen MR) is 105 cm³/mol. The molecule has 4 nitrogen and oxygen atoms in total. The van der Waals surface area contributed by atoms with Crippen LogP contribution < -0.4 is 5.32 Å². The van der Waals surface area contributed by atoms with Crippen molar-refractivity contribution >= 4 is 45.8 Å². The SMILES string of the molecule is Cc1nn(Cc2ccc(F)cc2)c(Cl)c1C(=O)Nc1ccc(I)cc1. The molecule has 0 aliphatic heterocycles. The lowest BCUT2D eigenvalue weighted by atomic mass is 10.2. The average Bonchev–Trinajstić information content (AvgIpc) is 2.85. The standard InChI is InChI=1S/C18H14ClFIN3O/c1-11-16(18(25)22-15-8-6-14(21)7-9-15)17(19)24(23-11)10-12-2-4-13(20)5-3-12/h2-9H,10H2,1H3,(H,22,25). The Morgan fingerprint density at radius 1 is 1.20 bits per heavy atom. The van der Waals surface area contributed by atoms with E-state index in [1.807, 2.05) is 24.3 Å². The van der Waals surface area contributed by atoms with Gasteiger partial charge in [0.05, 0.1) is 17.8 Å². The lowest BCUT2D eigenvalue weighted by Gasteiger charge is -2.06. The van der Waals surface area contributed by atoms with Gasteiger partial charge < -0.3 is 5.32 Å². The lowest BCUT2D eigenvalue weighted by molar-refractivity contribution is 0.102. The molecule has 0 unspecified atom stereocenters. The highest BCUT2D eigenvalue weighted by Crippen LogP contribution is 2.23. The highest BCUT2D eigenvalue weighted by Gasteiger charge is 2.20. The van der Waals surface area contributed by atoms with Gasteiger partial charge in [-0.05, 0) is 71.5 Å². The third-order valence-corrected chi connectivity index (χ3v) is 4.74. The topological polar surface area (TPSA) is 46.9 Å². The van der Waals surface area contributed by atoms with Crippen molar-refractivity contribution in [3.63, 3.8) is 0 Å². The van der Waals surface area contributed by atoms with Crippen molar-refractivity contribution in [1.29, 1.82) is 0 Å². The fraction of sp³-hybridized carbons (Fsp3) is 0.111. The van der Waals surface area contributed by atoms with Crippen molar-refractivity contribution in [3.05, 3.63) is 79.9 Å². The lowest BCUT2D eigenvalue weighted by Crippen LogP contribution is -2.13. The van der Waals surface area contributed by atoms with Gasteiger partial charge in [-0.2, -0.15) is 5.10 Å². The van der Waals surface area contributed by atoms with Crippen LogP contribution in [-0.4, -0.2) is 15.7 Å². The van der Waals surface area contributed by atoms with Gasteiger partial charge in [-0.15, -0.1) is 0 Å². The molecule has 1 N–H and O–H groups in total. The summed E-state index contributed by atoms with van der Waals surface area (Å²) in [4.78, 5) is 12.6. The Kier molecular flexibility index (Phi) is 5.39. The van der Waals surface area contributed by atoms with Crippen LogP contribution in [0, 0.1) is 16.3 Å². The van der Waals surface area contributed by atoms with Crippen LogP contribution >= 0.6 is 34.2 Å². The Labute approximate surface area is 163 Å². The maximum atomic E-state index is 13.0. The second-order valence-corrected chi connectivity index (χ2v) is 7.10. The molecular formula is C18H14ClFIN3O. The number of halogens is 3. The van der Waals surface area contributed by atoms with Crippen LogP contribution in [0.2, 0.25) is 5.15 Å². The Morgan fingerprint density at radius 2 is 1.84 bits per heavy atom. The van der Waals surface area contributed by atoms with Gasteiger partial charge in [0.2, 0.25) is 0 Å². The van der Waals surface area contributed by atoms with E-state index in [0.29, 0.717) is 23.5 Å². The van der Waals surface area contributed by atoms with Crippen LogP contribution in [-0.2, 0) is 6.54 Å². The number of rotatable bonds is 4. The van der Waals surface area contributed by atoms with Crippen molar-refractivity contribution in [2.75, 3.05) is 5.32 Å². The van der Waals surface area contributed by atoms with Crippen LogP contribution in [0.3, 0.4) is 0 Å². The van der Waals surface area contributed by atoms with Crippen LogP contribution in [0.25, 0.3) is 0 Å². The van der Waals surface area contributed by atoms with Gasteiger partial charge in [0.15, 0.2) is 0 Å². The fourth-order valence-corrected chi connectivity index (χ4v) is 3.09. The molecule has 0 saturated carbocycles. The number of nitrogens with one attached hydrogen (secondary N) is 1. The fourth-order valence-electron chi connectivity index (χ4n) is 2.41. The molecule has 0 radical (unpaired) electrons. The molecule has 7 heteroatoms. The summed E-state index contributed by atoms with van der Waals surface area (Å²) < 4.78 is 15.6. The summed E-state index contributed by atoms with van der Waals surface area (Å²) in [6.07, 6.45) is 0. The van der Waals surface area contributed by atoms with Crippen molar-refractivity contribution in [2.45, 2.75) is 13.5 Å². The number of benzene rings is 2. The van der Waals surface area contributed by atoms with E-state index in [1.54, 1.807) is 19.1 Å². The summed E-state index contributed by atoms with van der Waals surface area (Å²) >= 11 is 8.56. The van der Waals surface area contributed by atoms with Crippen molar-refractivity contribution in [3.8, 4) is 0 Å². The van der Waals surface area contributed by atoms with E-state index >= 15 is 0 Å². The van der Waals surface area contributed by atoms with E-state index in [1.165, 1.54) is 16.8 Å². The van der Waals surface area contributed by atoms with Gasteiger partial charge >= 0.3 is 0 Å². The van der Waals surface area contributed by atoms with E-state index < -0.39 is 0 Å². The molecule has 3 aromatic rings. The largest absolute Gasteiger partial charge is 0.322 e. The molecule has 128 valence electrons. The van der Waals surface area contributed by atoms with Crippen LogP contribution in [0.1, 0.15) is 21.6 Å². The minimum atomic E-state index is -0.311. The first kappa shape index (κ1) is 17.9. The molecule has 1 heterocycles. The van der Waals surface area contributed by atoms with Gasteiger partial charge in [0.1, 0.15) is 11.0 Å². The third kappa shape index (κ3) is 4.19. The van der Waals surface area contributed by atoms with E-state index in [4.69, 9.17) is 11.6 Å². The number of amides is 1. The number of nitrogens with zero attached hydrogens (tertiary/aromatic N) is 2. The minimum absolute atomic E-state index is 0.254. The number of aryl methyl sites for hydroxylation is 1. The summed E-state index contributed by atoms with van der Waals surface area (Å²) in [6, 6.07) is 13.5. The Morgan fingerprint density at radius 3 is 2.48 bits per heavy atom. The number of carbonyl (C=O) groups is 1. The van der Waals surface area contributed by atoms with Crippen LogP contribution in [0.15, 0.2) is 48.5 Å². The molecule has 0 saturated heterocycles. The maximum absolute atomic E-state index is 13.0. The van der Waals surface area contributed by atoms with E-state index in [0.717, 1.165) is 9.13 Å². The molecule has 0 spiro atoms. The first-order chi connectivity index (χ1) is 11.9. The summed E-state index contributed by atoms with van der Waals surface area (Å²) in [5.41, 5.74) is 2.40. The zero-order valence-corrected chi connectivity index (χ0v) is 16.2. The zero-order valence-electron chi connectivity index (χ0n) is 13.3. The van der Waals surface area contributed by atoms with E-state index in [9.17, 15) is 9.18 Å². The summed E-state index contributed by atoms with van der Waals surface area (Å²) in [5.74, 6) is -0.613. The molecule has 0 aliphatic rings. The quantitative estimate of drug-likeness (QED) is 0.553. The summed E-state index contributed by atoms with van der Waals surface area (Å²) in [7, 11) is 0. The average molecular weight is 470 g/mol. The van der Waals surface area contributed by atoms with Crippen LogP contribution in [0.5, 0.6) is 0 Å². The predicted octanol–water partition coefficient (Wildman–Crippen LogP) is 4.89. The number of aromatic nitrogens is 2. The number of hydrogen-bond donors (Lipinski definition) is 1. The number of carbonyl (C=O) groups excluding carboxylic acids is 1. The molecule has 1 aromatic heterocycles. The molecule has 0 aliphatic carbocycles. The molecule has 0 fully saturated rings. The van der Waals surface area contributed by atoms with E-state index in [2.05, 4.69) is 33.0 Å². The Hall–Kier alpha value is -1.93. The van der Waals surface area contributed by atoms with Gasteiger partial charge in [0.25, 0.3) is 5.91 Å². The van der Waals surface area contributed by atoms with Crippen molar-refractivity contribution < 1.29 is 9.18 Å². The molecular weight excluding hydrogens is 456 g/mol. The Balaban J connectivity index is 1.82. The monoisotopic (exact) mass is 469 g/mol. The normalized spacial score (nSPS) is 10.7. The van der Waals surface area contributed by atoms with Gasteiger partial charge in [0, 0.05) is 9.26 Å². The molecule has 3 rings (SSSR count). The van der Waals surface area contributed by atoms with Crippen molar-refractivity contribution in [1.82, 2.24) is 9.78 Å². The minimum Gasteiger partial charge on any atom is -0.322 e. The number of hydrogen-bond acceptors (Lipinski definition) is 2. The summed E-state index contributed by atoms with van der Waals surface area (Å²) in [5, 5.41) is 7.41. The second-order valence-electron chi connectivity index (χ2n) is 5.50. The van der Waals surface area contributed by atoms with Gasteiger partial charge in [-0.1, -0.05) is 23.7 Å². The van der Waals surface area contributed by atoms with Gasteiger partial charge in [-0.3, -0.25) is 4.79 Å². The maximum Gasteiger partial charge on any atom is 0.260 e. The second kappa shape index (κ2) is 7.53. The zero-order chi connectivity index (χ0) is 18.0. The third-order valence-electron chi connectivity index (χ3n) is 3.64. The first-order valence-corrected chi connectivity index (χ1v) is 8.94. The number of anilines is 1. The first-order valence-electron chi connectivity index (χ1n) is 7.48. The molecule has 0 bridgehead atoms. The highest BCUT2D eigenvalue weighted by molar-refractivity contribution is 14.1. The molecule has 0 atom stereocenters. The molecule has 1 amide bonds. The van der Waals surface area contributed by atoms with Crippen molar-refractivity contribution in [2.24, 2.45) is 0 Å². The molecule has 25 heavy (non-hydrogen) atoms. The smallest absolute Gasteiger partial charge is 0.260 e. The van der Waals surface area contributed by atoms with Crippen LogP contribution in [0.4, 0.5) is 10.1 Å². The highest BCUT2D eigenvalue weighted by atomic mass is 127. The molecule has 2 aromatic carbocycles. The van der Waals surface area contributed by atoms with E-state index in [-0.39, 0.29) is 16.9 Å². The van der Waals surface area contributed by atoms with Gasteiger partial charge in [-0.25, -0.2) is 9.07 Å². The summed E-state index contributed by atoms with van der Waals surface area (Å²) in [6.45, 7) is 2.09. The Bertz CT molecular complexity index is 907.